The monoisotopic (exact) mass is 313 g/mol. The molecule has 4 heteroatoms. The van der Waals surface area contributed by atoms with E-state index in [9.17, 15) is 4.79 Å². The Balaban J connectivity index is 2.44. The maximum atomic E-state index is 11.8. The number of hydrogen-bond acceptors (Lipinski definition) is 2. The number of halogens is 1. The van der Waals surface area contributed by atoms with Gasteiger partial charge in [-0.2, -0.15) is 11.8 Å². The molecule has 0 saturated heterocycles. The maximum absolute atomic E-state index is 11.8. The number of hydrogen-bond donors (Lipinski definition) is 1. The van der Waals surface area contributed by atoms with E-state index in [1.807, 2.05) is 31.2 Å². The Morgan fingerprint density at radius 2 is 2.35 bits per heavy atom. The molecule has 0 aliphatic heterocycles. The van der Waals surface area contributed by atoms with Crippen LogP contribution in [0.5, 0.6) is 0 Å². The molecule has 92 valence electrons. The first kappa shape index (κ1) is 14.3. The van der Waals surface area contributed by atoms with Gasteiger partial charge >= 0.3 is 0 Å². The van der Waals surface area contributed by atoms with Crippen molar-refractivity contribution in [1.82, 2.24) is 5.32 Å². The first-order chi connectivity index (χ1) is 8.15. The zero-order valence-electron chi connectivity index (χ0n) is 9.83. The Morgan fingerprint density at radius 1 is 1.59 bits per heavy atom. The lowest BCUT2D eigenvalue weighted by atomic mass is 10.1. The van der Waals surface area contributed by atoms with E-state index < -0.39 is 0 Å². The molecule has 0 atom stereocenters. The minimum atomic E-state index is -0.0314. The molecule has 0 aromatic heterocycles. The second-order valence-electron chi connectivity index (χ2n) is 3.60. The largest absolute Gasteiger partial charge is 0.351 e. The predicted molar refractivity (Wildman–Crippen MR) is 78.7 cm³/mol. The smallest absolute Gasteiger partial charge is 0.252 e. The summed E-state index contributed by atoms with van der Waals surface area (Å²) in [7, 11) is 0. The number of benzene rings is 1. The Hall–Kier alpha value is -0.740. The molecule has 0 saturated carbocycles. The second-order valence-corrected chi connectivity index (χ2v) is 5.61. The lowest BCUT2D eigenvalue weighted by Crippen LogP contribution is -2.26. The number of nitrogens with one attached hydrogen (secondary N) is 1. The van der Waals surface area contributed by atoms with Crippen LogP contribution in [0.4, 0.5) is 0 Å². The molecular weight excluding hydrogens is 298 g/mol. The molecule has 1 N–H and O–H groups in total. The minimum absolute atomic E-state index is 0.0314. The van der Waals surface area contributed by atoms with Crippen molar-refractivity contribution in [2.45, 2.75) is 6.92 Å². The number of amides is 1. The van der Waals surface area contributed by atoms with Crippen molar-refractivity contribution in [2.24, 2.45) is 0 Å². The standard InChI is InChI=1S/C13H16BrNOS/c1-3-7-17-8-6-15-13(16)11-5-4-10(2)9-12(11)14/h3-5,9H,1,6-8H2,2H3,(H,15,16). The molecule has 1 amide bonds. The van der Waals surface area contributed by atoms with Gasteiger partial charge in [0.15, 0.2) is 0 Å². The minimum Gasteiger partial charge on any atom is -0.351 e. The van der Waals surface area contributed by atoms with Crippen LogP contribution in [-0.4, -0.2) is 24.0 Å². The van der Waals surface area contributed by atoms with Gasteiger partial charge in [0.2, 0.25) is 0 Å². The molecule has 0 aliphatic carbocycles. The van der Waals surface area contributed by atoms with Gasteiger partial charge in [0, 0.05) is 22.5 Å². The van der Waals surface area contributed by atoms with E-state index in [0.717, 1.165) is 21.5 Å². The van der Waals surface area contributed by atoms with Gasteiger partial charge in [0.05, 0.1) is 5.56 Å². The van der Waals surface area contributed by atoms with Gasteiger partial charge in [0.1, 0.15) is 0 Å². The molecule has 1 rings (SSSR count). The van der Waals surface area contributed by atoms with Crippen molar-refractivity contribution >= 4 is 33.6 Å². The fraction of sp³-hybridized carbons (Fsp3) is 0.308. The lowest BCUT2D eigenvalue weighted by molar-refractivity contribution is 0.0955. The number of rotatable bonds is 6. The summed E-state index contributed by atoms with van der Waals surface area (Å²) in [6.45, 7) is 6.32. The van der Waals surface area contributed by atoms with Gasteiger partial charge in [-0.25, -0.2) is 0 Å². The summed E-state index contributed by atoms with van der Waals surface area (Å²) in [5.74, 6) is 1.79. The summed E-state index contributed by atoms with van der Waals surface area (Å²) in [5, 5.41) is 2.89. The van der Waals surface area contributed by atoms with Gasteiger partial charge < -0.3 is 5.32 Å². The molecule has 1 aromatic rings. The van der Waals surface area contributed by atoms with Crippen LogP contribution < -0.4 is 5.32 Å². The summed E-state index contributed by atoms with van der Waals surface area (Å²) < 4.78 is 0.841. The molecule has 0 radical (unpaired) electrons. The lowest BCUT2D eigenvalue weighted by Gasteiger charge is -2.07. The van der Waals surface area contributed by atoms with Gasteiger partial charge in [-0.15, -0.1) is 6.58 Å². The molecule has 0 spiro atoms. The van der Waals surface area contributed by atoms with Crippen molar-refractivity contribution in [2.75, 3.05) is 18.1 Å². The summed E-state index contributed by atoms with van der Waals surface area (Å²) >= 11 is 5.15. The highest BCUT2D eigenvalue weighted by Gasteiger charge is 2.08. The Morgan fingerprint density at radius 3 is 3.00 bits per heavy atom. The average molecular weight is 314 g/mol. The third-order valence-corrected chi connectivity index (χ3v) is 3.76. The van der Waals surface area contributed by atoms with E-state index in [1.54, 1.807) is 11.8 Å². The summed E-state index contributed by atoms with van der Waals surface area (Å²) in [4.78, 5) is 11.8. The van der Waals surface area contributed by atoms with E-state index >= 15 is 0 Å². The molecule has 0 aliphatic rings. The molecule has 0 unspecified atom stereocenters. The van der Waals surface area contributed by atoms with E-state index in [4.69, 9.17) is 0 Å². The molecule has 0 fully saturated rings. The quantitative estimate of drug-likeness (QED) is 0.644. The fourth-order valence-corrected chi connectivity index (χ4v) is 2.56. The topological polar surface area (TPSA) is 29.1 Å². The molecule has 0 heterocycles. The predicted octanol–water partition coefficient (Wildman–Crippen LogP) is 3.41. The van der Waals surface area contributed by atoms with Gasteiger partial charge in [-0.05, 0) is 40.5 Å². The van der Waals surface area contributed by atoms with Crippen molar-refractivity contribution in [3.63, 3.8) is 0 Å². The molecule has 17 heavy (non-hydrogen) atoms. The average Bonchev–Trinajstić information content (AvgIpc) is 2.28. The molecule has 0 bridgehead atoms. The third kappa shape index (κ3) is 4.96. The van der Waals surface area contributed by atoms with Crippen LogP contribution in [0.25, 0.3) is 0 Å². The van der Waals surface area contributed by atoms with Crippen LogP contribution in [0.3, 0.4) is 0 Å². The molecular formula is C13H16BrNOS. The summed E-state index contributed by atoms with van der Waals surface area (Å²) in [5.41, 5.74) is 1.82. The highest BCUT2D eigenvalue weighted by atomic mass is 79.9. The third-order valence-electron chi connectivity index (χ3n) is 2.14. The van der Waals surface area contributed by atoms with E-state index in [0.29, 0.717) is 12.1 Å². The number of thioether (sulfide) groups is 1. The van der Waals surface area contributed by atoms with Gasteiger partial charge in [-0.3, -0.25) is 4.79 Å². The zero-order valence-corrected chi connectivity index (χ0v) is 12.2. The second kappa shape index (κ2) is 7.56. The van der Waals surface area contributed by atoms with Gasteiger partial charge in [-0.1, -0.05) is 12.1 Å². The van der Waals surface area contributed by atoms with E-state index in [2.05, 4.69) is 27.8 Å². The zero-order chi connectivity index (χ0) is 12.7. The Bertz CT molecular complexity index is 406. The van der Waals surface area contributed by atoms with Crippen LogP contribution in [-0.2, 0) is 0 Å². The van der Waals surface area contributed by atoms with Crippen LogP contribution in [0.1, 0.15) is 15.9 Å². The Labute approximate surface area is 115 Å². The summed E-state index contributed by atoms with van der Waals surface area (Å²) in [6, 6.07) is 5.72. The van der Waals surface area contributed by atoms with Crippen molar-refractivity contribution in [3.8, 4) is 0 Å². The van der Waals surface area contributed by atoms with Crippen LogP contribution in [0.15, 0.2) is 35.3 Å². The molecule has 1 aromatic carbocycles. The van der Waals surface area contributed by atoms with Crippen LogP contribution in [0, 0.1) is 6.92 Å². The SMILES string of the molecule is C=CCSCCNC(=O)c1ccc(C)cc1Br. The number of carbonyl (C=O) groups excluding carboxylic acids is 1. The summed E-state index contributed by atoms with van der Waals surface area (Å²) in [6.07, 6.45) is 1.86. The van der Waals surface area contributed by atoms with E-state index in [1.165, 1.54) is 0 Å². The van der Waals surface area contributed by atoms with Crippen LogP contribution in [0.2, 0.25) is 0 Å². The van der Waals surface area contributed by atoms with Gasteiger partial charge in [0.25, 0.3) is 5.91 Å². The van der Waals surface area contributed by atoms with Crippen molar-refractivity contribution in [1.29, 1.82) is 0 Å². The van der Waals surface area contributed by atoms with Crippen molar-refractivity contribution in [3.05, 3.63) is 46.5 Å². The van der Waals surface area contributed by atoms with E-state index in [-0.39, 0.29) is 5.91 Å². The highest BCUT2D eigenvalue weighted by Crippen LogP contribution is 2.18. The Kier molecular flexibility index (Phi) is 6.37. The van der Waals surface area contributed by atoms with Crippen LogP contribution >= 0.6 is 27.7 Å². The first-order valence-corrected chi connectivity index (χ1v) is 7.33. The maximum Gasteiger partial charge on any atom is 0.252 e. The molecule has 2 nitrogen and oxygen atoms in total. The van der Waals surface area contributed by atoms with Crippen molar-refractivity contribution < 1.29 is 4.79 Å². The first-order valence-electron chi connectivity index (χ1n) is 5.38. The normalized spacial score (nSPS) is 10.0. The number of carbonyl (C=O) groups is 1. The fourth-order valence-electron chi connectivity index (χ4n) is 1.30. The highest BCUT2D eigenvalue weighted by molar-refractivity contribution is 9.10. The number of aryl methyl sites for hydroxylation is 1.